The van der Waals surface area contributed by atoms with Gasteiger partial charge in [0.25, 0.3) is 0 Å². The van der Waals surface area contributed by atoms with Gasteiger partial charge in [-0.3, -0.25) is 0 Å². The van der Waals surface area contributed by atoms with Gasteiger partial charge in [0.2, 0.25) is 0 Å². The predicted octanol–water partition coefficient (Wildman–Crippen LogP) is 8.34. The van der Waals surface area contributed by atoms with Crippen LogP contribution in [0.4, 0.5) is 0 Å². The van der Waals surface area contributed by atoms with E-state index in [1.807, 2.05) is 0 Å². The fourth-order valence-electron chi connectivity index (χ4n) is 6.36. The Hall–Kier alpha value is -4.21. The van der Waals surface area contributed by atoms with Gasteiger partial charge in [0, 0.05) is 12.0 Å². The SMILES string of the molecule is CCC1(COCCCCOc2ccc(OC(=O)c3ccc(C(=O)Oc4ccc(C(=O)OC5CC(C)CCC5C(C)C)cc4)cc3)cc2)COC1. The molecule has 5 rings (SSSR count). The van der Waals surface area contributed by atoms with Gasteiger partial charge in [-0.15, -0.1) is 0 Å². The quantitative estimate of drug-likeness (QED) is 0.0835. The highest BCUT2D eigenvalue weighted by atomic mass is 16.5. The zero-order chi connectivity index (χ0) is 35.5. The second kappa shape index (κ2) is 17.6. The van der Waals surface area contributed by atoms with E-state index in [0.29, 0.717) is 53.8 Å². The average molecular weight is 687 g/mol. The van der Waals surface area contributed by atoms with Gasteiger partial charge in [-0.1, -0.05) is 34.1 Å². The standard InChI is InChI=1S/C41H50O9/c1-5-41(26-46-27-41)25-45-22-6-7-23-47-33-17-19-35(20-18-33)49-39(43)31-11-9-30(10-12-31)38(42)48-34-15-13-32(14-16-34)40(44)50-37-24-29(4)8-21-36(37)28(2)3/h9-20,28-29,36-37H,5-8,21-27H2,1-4H3. The summed E-state index contributed by atoms with van der Waals surface area (Å²) in [6, 6.07) is 19.3. The summed E-state index contributed by atoms with van der Waals surface area (Å²) in [5.74, 6) is 1.18. The van der Waals surface area contributed by atoms with Crippen molar-refractivity contribution >= 4 is 17.9 Å². The number of hydrogen-bond acceptors (Lipinski definition) is 9. The van der Waals surface area contributed by atoms with Crippen LogP contribution < -0.4 is 14.2 Å². The average Bonchev–Trinajstić information content (AvgIpc) is 3.09. The van der Waals surface area contributed by atoms with E-state index < -0.39 is 11.9 Å². The zero-order valence-electron chi connectivity index (χ0n) is 29.7. The zero-order valence-corrected chi connectivity index (χ0v) is 29.7. The maximum atomic E-state index is 12.9. The molecule has 2 aliphatic rings. The maximum absolute atomic E-state index is 12.9. The van der Waals surface area contributed by atoms with Crippen molar-refractivity contribution in [3.8, 4) is 17.2 Å². The molecule has 9 heteroatoms. The summed E-state index contributed by atoms with van der Waals surface area (Å²) in [5, 5.41) is 0. The lowest BCUT2D eigenvalue weighted by molar-refractivity contribution is -0.150. The van der Waals surface area contributed by atoms with Crippen molar-refractivity contribution in [2.45, 2.75) is 72.3 Å². The van der Waals surface area contributed by atoms with Crippen LogP contribution in [0.5, 0.6) is 17.2 Å². The van der Waals surface area contributed by atoms with Gasteiger partial charge in [0.05, 0.1) is 43.1 Å². The van der Waals surface area contributed by atoms with Crippen LogP contribution >= 0.6 is 0 Å². The van der Waals surface area contributed by atoms with Crippen molar-refractivity contribution < 1.29 is 42.8 Å². The summed E-state index contributed by atoms with van der Waals surface area (Å²) in [6.45, 7) is 12.3. The Morgan fingerprint density at radius 3 is 1.80 bits per heavy atom. The molecule has 1 heterocycles. The Balaban J connectivity index is 1.02. The third-order valence-corrected chi connectivity index (χ3v) is 9.84. The molecular weight excluding hydrogens is 636 g/mol. The lowest BCUT2D eigenvalue weighted by Crippen LogP contribution is -2.45. The molecule has 0 bridgehead atoms. The summed E-state index contributed by atoms with van der Waals surface area (Å²) in [7, 11) is 0. The summed E-state index contributed by atoms with van der Waals surface area (Å²) in [6.07, 6.45) is 5.85. The van der Waals surface area contributed by atoms with E-state index >= 15 is 0 Å². The van der Waals surface area contributed by atoms with Crippen molar-refractivity contribution in [3.63, 3.8) is 0 Å². The minimum absolute atomic E-state index is 0.0952. The second-order valence-electron chi connectivity index (χ2n) is 14.1. The molecule has 0 radical (unpaired) electrons. The predicted molar refractivity (Wildman–Crippen MR) is 189 cm³/mol. The van der Waals surface area contributed by atoms with E-state index in [4.69, 9.17) is 28.4 Å². The smallest absolute Gasteiger partial charge is 0.343 e. The lowest BCUT2D eigenvalue weighted by atomic mass is 9.75. The number of benzene rings is 3. The third-order valence-electron chi connectivity index (χ3n) is 9.84. The molecule has 1 saturated carbocycles. The van der Waals surface area contributed by atoms with Crippen molar-refractivity contribution in [3.05, 3.63) is 89.5 Å². The molecule has 3 unspecified atom stereocenters. The van der Waals surface area contributed by atoms with Crippen LogP contribution in [0.25, 0.3) is 0 Å². The molecule has 0 N–H and O–H groups in total. The summed E-state index contributed by atoms with van der Waals surface area (Å²) < 4.78 is 33.9. The second-order valence-corrected chi connectivity index (χ2v) is 14.1. The number of unbranched alkanes of at least 4 members (excludes halogenated alkanes) is 1. The van der Waals surface area contributed by atoms with Crippen molar-refractivity contribution in [2.75, 3.05) is 33.0 Å². The molecular formula is C41H50O9. The molecule has 2 fully saturated rings. The van der Waals surface area contributed by atoms with Gasteiger partial charge in [0.15, 0.2) is 0 Å². The Morgan fingerprint density at radius 1 is 0.740 bits per heavy atom. The van der Waals surface area contributed by atoms with E-state index in [9.17, 15) is 14.4 Å². The topological polar surface area (TPSA) is 107 Å². The number of carbonyl (C=O) groups excluding carboxylic acids is 3. The largest absolute Gasteiger partial charge is 0.494 e. The number of esters is 3. The lowest BCUT2D eigenvalue weighted by Gasteiger charge is -2.40. The molecule has 9 nitrogen and oxygen atoms in total. The highest BCUT2D eigenvalue weighted by molar-refractivity contribution is 5.95. The number of carbonyl (C=O) groups is 3. The van der Waals surface area contributed by atoms with Crippen LogP contribution in [-0.2, 0) is 14.2 Å². The van der Waals surface area contributed by atoms with Crippen LogP contribution in [0, 0.1) is 23.2 Å². The first kappa shape index (κ1) is 37.1. The molecule has 3 aromatic carbocycles. The first-order chi connectivity index (χ1) is 24.1. The van der Waals surface area contributed by atoms with Gasteiger partial charge in [-0.25, -0.2) is 14.4 Å². The summed E-state index contributed by atoms with van der Waals surface area (Å²) in [4.78, 5) is 38.4. The molecule has 1 saturated heterocycles. The van der Waals surface area contributed by atoms with E-state index in [1.54, 1.807) is 48.5 Å². The molecule has 3 aromatic rings. The number of rotatable bonds is 16. The highest BCUT2D eigenvalue weighted by Crippen LogP contribution is 2.36. The van der Waals surface area contributed by atoms with Gasteiger partial charge < -0.3 is 28.4 Å². The molecule has 1 aliphatic heterocycles. The van der Waals surface area contributed by atoms with Crippen molar-refractivity contribution in [1.29, 1.82) is 0 Å². The fraction of sp³-hybridized carbons (Fsp3) is 0.488. The van der Waals surface area contributed by atoms with Crippen molar-refractivity contribution in [1.82, 2.24) is 0 Å². The monoisotopic (exact) mass is 686 g/mol. The Labute approximate surface area is 295 Å². The van der Waals surface area contributed by atoms with E-state index in [1.165, 1.54) is 24.3 Å². The van der Waals surface area contributed by atoms with Gasteiger partial charge in [0.1, 0.15) is 23.4 Å². The Bertz CT molecular complexity index is 1540. The van der Waals surface area contributed by atoms with E-state index in [2.05, 4.69) is 27.7 Å². The number of hydrogen-bond donors (Lipinski definition) is 0. The molecule has 3 atom stereocenters. The molecule has 0 amide bonds. The maximum Gasteiger partial charge on any atom is 0.343 e. The normalized spacial score (nSPS) is 19.7. The van der Waals surface area contributed by atoms with Gasteiger partial charge in [-0.2, -0.15) is 0 Å². The minimum atomic E-state index is -0.590. The van der Waals surface area contributed by atoms with Crippen LogP contribution in [-0.4, -0.2) is 57.0 Å². The molecule has 0 aromatic heterocycles. The Morgan fingerprint density at radius 2 is 1.26 bits per heavy atom. The highest BCUT2D eigenvalue weighted by Gasteiger charge is 2.37. The summed E-state index contributed by atoms with van der Waals surface area (Å²) >= 11 is 0. The molecule has 50 heavy (non-hydrogen) atoms. The van der Waals surface area contributed by atoms with E-state index in [-0.39, 0.29) is 28.6 Å². The van der Waals surface area contributed by atoms with Crippen LogP contribution in [0.1, 0.15) is 97.3 Å². The molecule has 1 aliphatic carbocycles. The third kappa shape index (κ3) is 10.2. The first-order valence-corrected chi connectivity index (χ1v) is 17.9. The van der Waals surface area contributed by atoms with Gasteiger partial charge in [-0.05, 0) is 123 Å². The minimum Gasteiger partial charge on any atom is -0.494 e. The molecule has 268 valence electrons. The van der Waals surface area contributed by atoms with E-state index in [0.717, 1.165) is 58.3 Å². The van der Waals surface area contributed by atoms with Crippen LogP contribution in [0.2, 0.25) is 0 Å². The first-order valence-electron chi connectivity index (χ1n) is 17.9. The van der Waals surface area contributed by atoms with Gasteiger partial charge >= 0.3 is 17.9 Å². The van der Waals surface area contributed by atoms with Crippen LogP contribution in [0.15, 0.2) is 72.8 Å². The number of ether oxygens (including phenoxy) is 6. The fourth-order valence-corrected chi connectivity index (χ4v) is 6.36. The van der Waals surface area contributed by atoms with Crippen molar-refractivity contribution in [2.24, 2.45) is 23.2 Å². The van der Waals surface area contributed by atoms with Crippen LogP contribution in [0.3, 0.4) is 0 Å². The Kier molecular flexibility index (Phi) is 13.1. The molecule has 0 spiro atoms. The summed E-state index contributed by atoms with van der Waals surface area (Å²) in [5.41, 5.74) is 1.17.